The molecule has 0 radical (unpaired) electrons. The summed E-state index contributed by atoms with van der Waals surface area (Å²) in [5.41, 5.74) is 5.10. The Bertz CT molecular complexity index is 1090. The van der Waals surface area contributed by atoms with Gasteiger partial charge < -0.3 is 15.2 Å². The number of carbonyl (C=O) groups excluding carboxylic acids is 1. The lowest BCUT2D eigenvalue weighted by atomic mass is 9.98. The first-order chi connectivity index (χ1) is 14.1. The highest BCUT2D eigenvalue weighted by Crippen LogP contribution is 2.44. The molecule has 4 rings (SSSR count). The molecule has 1 heterocycles. The van der Waals surface area contributed by atoms with Gasteiger partial charge in [0.05, 0.1) is 6.54 Å². The fraction of sp³-hybridized carbons (Fsp3) is 0.130. The van der Waals surface area contributed by atoms with Crippen LogP contribution in [0.3, 0.4) is 0 Å². The minimum Gasteiger partial charge on any atom is -0.477 e. The van der Waals surface area contributed by atoms with E-state index < -0.39 is 12.1 Å². The molecule has 2 aromatic carbocycles. The zero-order valence-electron chi connectivity index (χ0n) is 15.3. The summed E-state index contributed by atoms with van der Waals surface area (Å²) < 4.78 is 5.43. The van der Waals surface area contributed by atoms with E-state index in [4.69, 9.17) is 9.84 Å². The van der Waals surface area contributed by atoms with E-state index in [1.807, 2.05) is 24.3 Å². The number of amides is 1. The molecule has 1 aliphatic rings. The van der Waals surface area contributed by atoms with Gasteiger partial charge in [0.25, 0.3) is 0 Å². The number of ether oxygens (including phenoxy) is 1. The molecular formula is C23H17NO4S. The second-order valence-electron chi connectivity index (χ2n) is 6.45. The van der Waals surface area contributed by atoms with E-state index in [0.717, 1.165) is 22.5 Å². The molecule has 5 nitrogen and oxygen atoms in total. The van der Waals surface area contributed by atoms with Gasteiger partial charge in [-0.25, -0.2) is 9.59 Å². The Morgan fingerprint density at radius 2 is 1.69 bits per heavy atom. The Morgan fingerprint density at radius 3 is 2.34 bits per heavy atom. The predicted molar refractivity (Wildman–Crippen MR) is 111 cm³/mol. The molecule has 0 fully saturated rings. The zero-order chi connectivity index (χ0) is 20.2. The summed E-state index contributed by atoms with van der Waals surface area (Å²) in [4.78, 5) is 23.3. The average molecular weight is 403 g/mol. The minimum atomic E-state index is -1.01. The van der Waals surface area contributed by atoms with Gasteiger partial charge in [0.15, 0.2) is 0 Å². The van der Waals surface area contributed by atoms with Gasteiger partial charge in [0.1, 0.15) is 11.5 Å². The molecule has 6 heteroatoms. The molecule has 29 heavy (non-hydrogen) atoms. The molecule has 0 atom stereocenters. The van der Waals surface area contributed by atoms with Gasteiger partial charge in [-0.05, 0) is 33.7 Å². The van der Waals surface area contributed by atoms with Crippen molar-refractivity contribution >= 4 is 23.4 Å². The van der Waals surface area contributed by atoms with E-state index in [1.165, 1.54) is 11.1 Å². The highest BCUT2D eigenvalue weighted by molar-refractivity contribution is 7.12. The highest BCUT2D eigenvalue weighted by Gasteiger charge is 2.28. The van der Waals surface area contributed by atoms with Crippen molar-refractivity contribution in [3.8, 4) is 23.0 Å². The van der Waals surface area contributed by atoms with Gasteiger partial charge in [-0.1, -0.05) is 60.4 Å². The first-order valence-corrected chi connectivity index (χ1v) is 9.91. The quantitative estimate of drug-likeness (QED) is 0.636. The summed E-state index contributed by atoms with van der Waals surface area (Å²) in [6.45, 7) is 0.312. The molecular weight excluding hydrogens is 386 g/mol. The van der Waals surface area contributed by atoms with E-state index >= 15 is 0 Å². The third-order valence-electron chi connectivity index (χ3n) is 4.75. The summed E-state index contributed by atoms with van der Waals surface area (Å²) in [6, 6.07) is 17.9. The zero-order valence-corrected chi connectivity index (χ0v) is 16.2. The molecule has 0 unspecified atom stereocenters. The Kier molecular flexibility index (Phi) is 5.32. The molecule has 1 amide bonds. The van der Waals surface area contributed by atoms with Crippen molar-refractivity contribution in [2.45, 2.75) is 5.92 Å². The molecule has 0 saturated heterocycles. The van der Waals surface area contributed by atoms with E-state index in [2.05, 4.69) is 41.4 Å². The maximum atomic E-state index is 12.1. The molecule has 0 spiro atoms. The third kappa shape index (κ3) is 3.86. The van der Waals surface area contributed by atoms with Crippen molar-refractivity contribution in [3.05, 3.63) is 81.5 Å². The lowest BCUT2D eigenvalue weighted by Crippen LogP contribution is -2.26. The molecule has 0 bridgehead atoms. The van der Waals surface area contributed by atoms with Crippen molar-refractivity contribution in [2.24, 2.45) is 0 Å². The SMILES string of the molecule is O=C(NCC#Cc1ccsc1C(=O)O)OCC1c2ccccc2-c2ccccc21. The Morgan fingerprint density at radius 1 is 1.03 bits per heavy atom. The second-order valence-corrected chi connectivity index (χ2v) is 7.37. The van der Waals surface area contributed by atoms with Crippen LogP contribution < -0.4 is 5.32 Å². The summed E-state index contributed by atoms with van der Waals surface area (Å²) in [6.07, 6.45) is -0.551. The number of carboxylic acids is 1. The molecule has 1 aliphatic carbocycles. The van der Waals surface area contributed by atoms with Crippen LogP contribution in [0, 0.1) is 11.8 Å². The highest BCUT2D eigenvalue weighted by atomic mass is 32.1. The third-order valence-corrected chi connectivity index (χ3v) is 5.65. The smallest absolute Gasteiger partial charge is 0.407 e. The van der Waals surface area contributed by atoms with E-state index in [9.17, 15) is 9.59 Å². The van der Waals surface area contributed by atoms with Crippen molar-refractivity contribution in [1.82, 2.24) is 5.32 Å². The maximum absolute atomic E-state index is 12.1. The van der Waals surface area contributed by atoms with Gasteiger partial charge in [-0.15, -0.1) is 11.3 Å². The fourth-order valence-electron chi connectivity index (χ4n) is 3.48. The van der Waals surface area contributed by atoms with Crippen LogP contribution in [0.25, 0.3) is 11.1 Å². The topological polar surface area (TPSA) is 75.6 Å². The Hall–Kier alpha value is -3.56. The van der Waals surface area contributed by atoms with Crippen LogP contribution >= 0.6 is 11.3 Å². The molecule has 144 valence electrons. The maximum Gasteiger partial charge on any atom is 0.407 e. The monoisotopic (exact) mass is 403 g/mol. The average Bonchev–Trinajstić information content (AvgIpc) is 3.33. The normalized spacial score (nSPS) is 11.7. The van der Waals surface area contributed by atoms with E-state index in [0.29, 0.717) is 5.56 Å². The summed E-state index contributed by atoms with van der Waals surface area (Å²) in [5.74, 6) is 4.51. The number of fused-ring (bicyclic) bond motifs is 3. The van der Waals surface area contributed by atoms with Crippen LogP contribution in [-0.2, 0) is 4.74 Å². The fourth-order valence-corrected chi connectivity index (χ4v) is 4.17. The van der Waals surface area contributed by atoms with Gasteiger partial charge in [0.2, 0.25) is 0 Å². The van der Waals surface area contributed by atoms with Crippen LogP contribution in [0.2, 0.25) is 0 Å². The van der Waals surface area contributed by atoms with Crippen LogP contribution in [-0.4, -0.2) is 30.3 Å². The summed E-state index contributed by atoms with van der Waals surface area (Å²) in [7, 11) is 0. The van der Waals surface area contributed by atoms with E-state index in [-0.39, 0.29) is 23.9 Å². The number of rotatable bonds is 4. The molecule has 1 aromatic heterocycles. The number of carboxylic acid groups (broad SMARTS) is 1. The minimum absolute atomic E-state index is 0.00293. The lowest BCUT2D eigenvalue weighted by molar-refractivity contribution is 0.0702. The first-order valence-electron chi connectivity index (χ1n) is 9.03. The van der Waals surface area contributed by atoms with Crippen molar-refractivity contribution in [3.63, 3.8) is 0 Å². The number of hydrogen-bond acceptors (Lipinski definition) is 4. The van der Waals surface area contributed by atoms with Crippen LogP contribution in [0.1, 0.15) is 32.3 Å². The largest absolute Gasteiger partial charge is 0.477 e. The first kappa shape index (κ1) is 18.8. The van der Waals surface area contributed by atoms with Gasteiger partial charge in [-0.3, -0.25) is 0 Å². The summed E-state index contributed by atoms with van der Waals surface area (Å²) >= 11 is 1.12. The van der Waals surface area contributed by atoms with Crippen molar-refractivity contribution in [2.75, 3.05) is 13.2 Å². The van der Waals surface area contributed by atoms with Crippen molar-refractivity contribution < 1.29 is 19.4 Å². The van der Waals surface area contributed by atoms with Gasteiger partial charge >= 0.3 is 12.1 Å². The predicted octanol–water partition coefficient (Wildman–Crippen LogP) is 4.34. The van der Waals surface area contributed by atoms with Gasteiger partial charge in [0, 0.05) is 11.5 Å². The lowest BCUT2D eigenvalue weighted by Gasteiger charge is -2.14. The number of nitrogens with one attached hydrogen (secondary N) is 1. The second kappa shape index (κ2) is 8.21. The number of aromatic carboxylic acids is 1. The number of hydrogen-bond donors (Lipinski definition) is 2. The number of thiophene rings is 1. The van der Waals surface area contributed by atoms with Crippen LogP contribution in [0.5, 0.6) is 0 Å². The number of alkyl carbamates (subject to hydrolysis) is 1. The van der Waals surface area contributed by atoms with Crippen LogP contribution in [0.4, 0.5) is 4.79 Å². The Balaban J connectivity index is 1.36. The number of carbonyl (C=O) groups is 2. The van der Waals surface area contributed by atoms with Gasteiger partial charge in [-0.2, -0.15) is 0 Å². The molecule has 0 saturated carbocycles. The molecule has 0 aliphatic heterocycles. The summed E-state index contributed by atoms with van der Waals surface area (Å²) in [5, 5.41) is 13.3. The molecule has 3 aromatic rings. The number of benzene rings is 2. The van der Waals surface area contributed by atoms with Crippen LogP contribution in [0.15, 0.2) is 60.0 Å². The van der Waals surface area contributed by atoms with Crippen molar-refractivity contribution in [1.29, 1.82) is 0 Å². The molecule has 2 N–H and O–H groups in total. The standard InChI is InChI=1S/C23H17NO4S/c25-22(26)21-15(11-13-29-21)6-5-12-24-23(27)28-14-20-18-9-3-1-7-16(18)17-8-2-4-10-19(17)20/h1-4,7-11,13,20H,12,14H2,(H,24,27)(H,25,26). The Labute approximate surface area is 172 Å². The van der Waals surface area contributed by atoms with E-state index in [1.54, 1.807) is 11.4 Å².